The maximum absolute atomic E-state index is 2.56. The molecule has 1 heterocycles. The molecule has 1 aromatic carbocycles. The van der Waals surface area contributed by atoms with Gasteiger partial charge in [0.25, 0.3) is 0 Å². The SMILES string of the molecule is CC(C)C1=C(N2C=CN(c3ccccc3C(C)C)C2C(C)C)C(C)CC=C1. The molecule has 1 aliphatic carbocycles. The van der Waals surface area contributed by atoms with Crippen LogP contribution in [0.25, 0.3) is 0 Å². The Balaban J connectivity index is 2.06. The predicted molar refractivity (Wildman–Crippen MR) is 117 cm³/mol. The average Bonchev–Trinajstić information content (AvgIpc) is 3.06. The molecule has 0 fully saturated rings. The van der Waals surface area contributed by atoms with Crippen LogP contribution in [0.4, 0.5) is 5.69 Å². The molecule has 0 bridgehead atoms. The number of hydrogen-bond acceptors (Lipinski definition) is 2. The van der Waals surface area contributed by atoms with E-state index in [0.717, 1.165) is 6.42 Å². The molecule has 1 aliphatic heterocycles. The van der Waals surface area contributed by atoms with Gasteiger partial charge in [0.1, 0.15) is 6.17 Å². The van der Waals surface area contributed by atoms with Crippen molar-refractivity contribution < 1.29 is 0 Å². The molecule has 0 saturated carbocycles. The van der Waals surface area contributed by atoms with Gasteiger partial charge in [-0.1, -0.05) is 78.8 Å². The van der Waals surface area contributed by atoms with Crippen LogP contribution >= 0.6 is 0 Å². The van der Waals surface area contributed by atoms with Gasteiger partial charge in [-0.25, -0.2) is 0 Å². The maximum Gasteiger partial charge on any atom is 0.112 e. The zero-order chi connectivity index (χ0) is 19.7. The first-order valence-corrected chi connectivity index (χ1v) is 10.6. The Morgan fingerprint density at radius 3 is 2.19 bits per heavy atom. The van der Waals surface area contributed by atoms with Gasteiger partial charge in [0.15, 0.2) is 0 Å². The summed E-state index contributed by atoms with van der Waals surface area (Å²) in [6.07, 6.45) is 10.8. The van der Waals surface area contributed by atoms with Crippen molar-refractivity contribution in [1.29, 1.82) is 0 Å². The summed E-state index contributed by atoms with van der Waals surface area (Å²) >= 11 is 0. The van der Waals surface area contributed by atoms with E-state index in [4.69, 9.17) is 0 Å². The van der Waals surface area contributed by atoms with Crippen LogP contribution in [-0.2, 0) is 0 Å². The number of allylic oxidation sites excluding steroid dienone is 4. The van der Waals surface area contributed by atoms with Gasteiger partial charge in [0, 0.05) is 29.7 Å². The van der Waals surface area contributed by atoms with Gasteiger partial charge in [-0.05, 0) is 41.4 Å². The number of para-hydroxylation sites is 1. The molecule has 146 valence electrons. The number of benzene rings is 1. The van der Waals surface area contributed by atoms with Gasteiger partial charge in [0.05, 0.1) is 0 Å². The molecule has 2 aliphatic rings. The van der Waals surface area contributed by atoms with E-state index in [9.17, 15) is 0 Å². The first kappa shape index (κ1) is 19.8. The van der Waals surface area contributed by atoms with Crippen molar-refractivity contribution >= 4 is 5.69 Å². The lowest BCUT2D eigenvalue weighted by atomic mass is 9.86. The molecule has 0 amide bonds. The monoisotopic (exact) mass is 364 g/mol. The fraction of sp³-hybridized carbons (Fsp3) is 0.520. The lowest BCUT2D eigenvalue weighted by Gasteiger charge is -2.41. The Labute approximate surface area is 166 Å². The van der Waals surface area contributed by atoms with Crippen molar-refractivity contribution in [1.82, 2.24) is 4.90 Å². The molecular formula is C25H36N2. The van der Waals surface area contributed by atoms with Gasteiger partial charge in [-0.2, -0.15) is 0 Å². The van der Waals surface area contributed by atoms with Crippen molar-refractivity contribution in [2.75, 3.05) is 4.90 Å². The van der Waals surface area contributed by atoms with E-state index < -0.39 is 0 Å². The maximum atomic E-state index is 2.56. The summed E-state index contributed by atoms with van der Waals surface area (Å²) in [4.78, 5) is 5.06. The highest BCUT2D eigenvalue weighted by molar-refractivity contribution is 5.59. The highest BCUT2D eigenvalue weighted by Crippen LogP contribution is 2.40. The highest BCUT2D eigenvalue weighted by Gasteiger charge is 2.36. The summed E-state index contributed by atoms with van der Waals surface area (Å²) in [5.41, 5.74) is 5.76. The summed E-state index contributed by atoms with van der Waals surface area (Å²) < 4.78 is 0. The minimum absolute atomic E-state index is 0.322. The molecule has 2 nitrogen and oxygen atoms in total. The number of hydrogen-bond donors (Lipinski definition) is 0. The van der Waals surface area contributed by atoms with Crippen LogP contribution in [0.3, 0.4) is 0 Å². The Bertz CT molecular complexity index is 751. The van der Waals surface area contributed by atoms with E-state index in [1.807, 2.05) is 0 Å². The molecule has 2 atom stereocenters. The van der Waals surface area contributed by atoms with Gasteiger partial charge < -0.3 is 9.80 Å². The van der Waals surface area contributed by atoms with Crippen LogP contribution < -0.4 is 4.90 Å². The minimum Gasteiger partial charge on any atom is -0.328 e. The van der Waals surface area contributed by atoms with E-state index in [-0.39, 0.29) is 0 Å². The van der Waals surface area contributed by atoms with Gasteiger partial charge in [-0.15, -0.1) is 0 Å². The molecule has 0 N–H and O–H groups in total. The van der Waals surface area contributed by atoms with Crippen LogP contribution in [-0.4, -0.2) is 11.1 Å². The van der Waals surface area contributed by atoms with Crippen LogP contribution in [0, 0.1) is 17.8 Å². The fourth-order valence-electron chi connectivity index (χ4n) is 4.53. The van der Waals surface area contributed by atoms with Crippen LogP contribution in [0.15, 0.2) is 60.1 Å². The number of rotatable bonds is 5. The summed E-state index contributed by atoms with van der Waals surface area (Å²) in [7, 11) is 0. The summed E-state index contributed by atoms with van der Waals surface area (Å²) in [5, 5.41) is 0. The second kappa shape index (κ2) is 7.96. The third-order valence-corrected chi connectivity index (χ3v) is 5.84. The quantitative estimate of drug-likeness (QED) is 0.561. The zero-order valence-electron chi connectivity index (χ0n) is 18.1. The number of anilines is 1. The van der Waals surface area contributed by atoms with Gasteiger partial charge in [-0.3, -0.25) is 0 Å². The Morgan fingerprint density at radius 2 is 1.56 bits per heavy atom. The van der Waals surface area contributed by atoms with Crippen molar-refractivity contribution in [3.05, 3.63) is 65.7 Å². The minimum atomic E-state index is 0.322. The van der Waals surface area contributed by atoms with E-state index in [0.29, 0.717) is 29.8 Å². The smallest absolute Gasteiger partial charge is 0.112 e. The summed E-state index contributed by atoms with van der Waals surface area (Å²) in [6, 6.07) is 8.88. The zero-order valence-corrected chi connectivity index (χ0v) is 18.1. The van der Waals surface area contributed by atoms with E-state index >= 15 is 0 Å². The second-order valence-corrected chi connectivity index (χ2v) is 9.02. The Hall–Kier alpha value is -1.96. The normalized spacial score (nSPS) is 22.9. The van der Waals surface area contributed by atoms with Crippen molar-refractivity contribution in [3.8, 4) is 0 Å². The highest BCUT2D eigenvalue weighted by atomic mass is 15.4. The van der Waals surface area contributed by atoms with Gasteiger partial charge >= 0.3 is 0 Å². The molecule has 2 unspecified atom stereocenters. The topological polar surface area (TPSA) is 6.48 Å². The van der Waals surface area contributed by atoms with Crippen LogP contribution in [0.1, 0.15) is 66.4 Å². The fourth-order valence-corrected chi connectivity index (χ4v) is 4.53. The summed E-state index contributed by atoms with van der Waals surface area (Å²) in [5.74, 6) is 2.12. The lowest BCUT2D eigenvalue weighted by Crippen LogP contribution is -2.44. The molecule has 0 aromatic heterocycles. The molecule has 2 heteroatoms. The molecule has 3 rings (SSSR count). The number of nitrogens with zero attached hydrogens (tertiary/aromatic N) is 2. The van der Waals surface area contributed by atoms with Crippen molar-refractivity contribution in [3.63, 3.8) is 0 Å². The molecule has 0 saturated heterocycles. The molecular weight excluding hydrogens is 328 g/mol. The summed E-state index contributed by atoms with van der Waals surface area (Å²) in [6.45, 7) is 16.3. The van der Waals surface area contributed by atoms with Crippen molar-refractivity contribution in [2.24, 2.45) is 17.8 Å². The first-order chi connectivity index (χ1) is 12.8. The molecule has 27 heavy (non-hydrogen) atoms. The molecule has 0 spiro atoms. The standard InChI is InChI=1S/C25H36N2/c1-17(2)21-12-8-9-14-23(21)26-15-16-27(25(26)19(5)6)24-20(7)11-10-13-22(24)18(3)4/h8-10,12-20,25H,11H2,1-7H3. The van der Waals surface area contributed by atoms with E-state index in [2.05, 4.69) is 107 Å². The second-order valence-electron chi connectivity index (χ2n) is 9.02. The van der Waals surface area contributed by atoms with Crippen molar-refractivity contribution in [2.45, 2.75) is 67.0 Å². The third kappa shape index (κ3) is 3.72. The largest absolute Gasteiger partial charge is 0.328 e. The Morgan fingerprint density at radius 1 is 0.889 bits per heavy atom. The Kier molecular flexibility index (Phi) is 5.83. The van der Waals surface area contributed by atoms with Crippen LogP contribution in [0.5, 0.6) is 0 Å². The molecule has 0 radical (unpaired) electrons. The van der Waals surface area contributed by atoms with Crippen LogP contribution in [0.2, 0.25) is 0 Å². The van der Waals surface area contributed by atoms with E-state index in [1.165, 1.54) is 22.5 Å². The lowest BCUT2D eigenvalue weighted by molar-refractivity contribution is 0.262. The van der Waals surface area contributed by atoms with E-state index in [1.54, 1.807) is 0 Å². The molecule has 1 aromatic rings. The average molecular weight is 365 g/mol. The predicted octanol–water partition coefficient (Wildman–Crippen LogP) is 6.89. The van der Waals surface area contributed by atoms with Gasteiger partial charge in [0.2, 0.25) is 0 Å². The third-order valence-electron chi connectivity index (χ3n) is 5.84. The first-order valence-electron chi connectivity index (χ1n) is 10.6.